The molecule has 1 aromatic rings. The number of hydrogen-bond donors (Lipinski definition) is 2. The summed E-state index contributed by atoms with van der Waals surface area (Å²) < 4.78 is 5.50. The minimum atomic E-state index is 0.404. The van der Waals surface area contributed by atoms with Crippen molar-refractivity contribution in [2.75, 3.05) is 33.4 Å². The lowest BCUT2D eigenvalue weighted by atomic mass is 10.2. The Balaban J connectivity index is 1.81. The van der Waals surface area contributed by atoms with Crippen molar-refractivity contribution in [3.63, 3.8) is 0 Å². The van der Waals surface area contributed by atoms with Gasteiger partial charge < -0.3 is 15.4 Å². The highest BCUT2D eigenvalue weighted by atomic mass is 35.5. The average Bonchev–Trinajstić information content (AvgIpc) is 2.56. The molecule has 0 radical (unpaired) electrons. The number of halogens is 2. The minimum Gasteiger partial charge on any atom is -0.379 e. The fourth-order valence-electron chi connectivity index (χ4n) is 2.82. The predicted molar refractivity (Wildman–Crippen MR) is 101 cm³/mol. The molecule has 24 heavy (non-hydrogen) atoms. The van der Waals surface area contributed by atoms with Crippen molar-refractivity contribution in [3.8, 4) is 0 Å². The number of guanidine groups is 1. The number of nitrogens with one attached hydrogen (secondary N) is 2. The number of rotatable bonds is 5. The van der Waals surface area contributed by atoms with E-state index >= 15 is 0 Å². The third-order valence-electron chi connectivity index (χ3n) is 4.24. The van der Waals surface area contributed by atoms with Gasteiger partial charge in [0.15, 0.2) is 5.96 Å². The molecule has 2 N–H and O–H groups in total. The molecule has 1 aromatic carbocycles. The van der Waals surface area contributed by atoms with Gasteiger partial charge in [0.25, 0.3) is 0 Å². The van der Waals surface area contributed by atoms with Crippen molar-refractivity contribution < 1.29 is 4.74 Å². The molecule has 0 bridgehead atoms. The van der Waals surface area contributed by atoms with Crippen molar-refractivity contribution >= 4 is 29.2 Å². The lowest BCUT2D eigenvalue weighted by Gasteiger charge is -2.38. The molecule has 5 nitrogen and oxygen atoms in total. The first-order valence-corrected chi connectivity index (χ1v) is 8.98. The summed E-state index contributed by atoms with van der Waals surface area (Å²) in [6.07, 6.45) is 0. The fourth-order valence-corrected chi connectivity index (χ4v) is 3.30. The van der Waals surface area contributed by atoms with Crippen LogP contribution in [0, 0.1) is 0 Å². The topological polar surface area (TPSA) is 48.9 Å². The maximum Gasteiger partial charge on any atom is 0.191 e. The summed E-state index contributed by atoms with van der Waals surface area (Å²) >= 11 is 12.1. The van der Waals surface area contributed by atoms with E-state index in [1.54, 1.807) is 13.1 Å². The second-order valence-corrected chi connectivity index (χ2v) is 6.90. The molecule has 7 heteroatoms. The van der Waals surface area contributed by atoms with Crippen LogP contribution in [-0.4, -0.2) is 56.3 Å². The van der Waals surface area contributed by atoms with Crippen LogP contribution in [0.1, 0.15) is 19.4 Å². The lowest BCUT2D eigenvalue weighted by molar-refractivity contribution is -0.0174. The van der Waals surface area contributed by atoms with Gasteiger partial charge in [-0.25, -0.2) is 0 Å². The maximum absolute atomic E-state index is 6.20. The fraction of sp³-hybridized carbons (Fsp3) is 0.588. The molecular formula is C17H26Cl2N4O. The number of nitrogens with zero attached hydrogens (tertiary/aromatic N) is 2. The van der Waals surface area contributed by atoms with E-state index in [2.05, 4.69) is 34.4 Å². The van der Waals surface area contributed by atoms with Gasteiger partial charge in [-0.05, 0) is 31.5 Å². The van der Waals surface area contributed by atoms with Crippen LogP contribution >= 0.6 is 23.2 Å². The summed E-state index contributed by atoms with van der Waals surface area (Å²) in [5.74, 6) is 0.758. The molecular weight excluding hydrogens is 347 g/mol. The van der Waals surface area contributed by atoms with Crippen molar-refractivity contribution in [2.24, 2.45) is 4.99 Å². The van der Waals surface area contributed by atoms with Gasteiger partial charge in [-0.3, -0.25) is 9.89 Å². The molecule has 0 aliphatic carbocycles. The summed E-state index contributed by atoms with van der Waals surface area (Å²) in [5, 5.41) is 7.95. The van der Waals surface area contributed by atoms with Crippen LogP contribution in [0.2, 0.25) is 10.0 Å². The number of morpholine rings is 1. The first kappa shape index (κ1) is 19.3. The highest BCUT2D eigenvalue weighted by Gasteiger charge is 2.23. The largest absolute Gasteiger partial charge is 0.379 e. The zero-order valence-electron chi connectivity index (χ0n) is 14.5. The van der Waals surface area contributed by atoms with Gasteiger partial charge >= 0.3 is 0 Å². The van der Waals surface area contributed by atoms with Crippen LogP contribution < -0.4 is 10.6 Å². The van der Waals surface area contributed by atoms with E-state index in [1.165, 1.54) is 0 Å². The molecule has 0 aromatic heterocycles. The molecule has 0 saturated carbocycles. The number of ether oxygens (including phenoxy) is 1. The van der Waals surface area contributed by atoms with E-state index < -0.39 is 0 Å². The van der Waals surface area contributed by atoms with Crippen molar-refractivity contribution in [1.29, 1.82) is 0 Å². The van der Waals surface area contributed by atoms with Crippen molar-refractivity contribution in [1.82, 2.24) is 15.5 Å². The van der Waals surface area contributed by atoms with Crippen LogP contribution in [0.15, 0.2) is 23.2 Å². The number of hydrogen-bond acceptors (Lipinski definition) is 3. The van der Waals surface area contributed by atoms with Crippen LogP contribution in [0.5, 0.6) is 0 Å². The molecule has 1 saturated heterocycles. The molecule has 1 aliphatic heterocycles. The van der Waals surface area contributed by atoms with E-state index in [1.807, 2.05) is 12.1 Å². The van der Waals surface area contributed by atoms with Crippen LogP contribution in [0.3, 0.4) is 0 Å². The third kappa shape index (κ3) is 5.52. The summed E-state index contributed by atoms with van der Waals surface area (Å²) in [7, 11) is 1.76. The summed E-state index contributed by atoms with van der Waals surface area (Å²) in [6.45, 7) is 8.40. The van der Waals surface area contributed by atoms with Gasteiger partial charge in [0.2, 0.25) is 0 Å². The summed E-state index contributed by atoms with van der Waals surface area (Å²) in [6, 6.07) is 6.35. The van der Waals surface area contributed by atoms with Gasteiger partial charge in [0.1, 0.15) is 0 Å². The van der Waals surface area contributed by atoms with Crippen LogP contribution in [-0.2, 0) is 11.3 Å². The molecule has 0 amide bonds. The quantitative estimate of drug-likeness (QED) is 0.616. The highest BCUT2D eigenvalue weighted by Crippen LogP contribution is 2.20. The van der Waals surface area contributed by atoms with E-state index in [-0.39, 0.29) is 0 Å². The zero-order chi connectivity index (χ0) is 17.5. The van der Waals surface area contributed by atoms with E-state index in [0.717, 1.165) is 37.8 Å². The Kier molecular flexibility index (Phi) is 7.62. The minimum absolute atomic E-state index is 0.404. The molecule has 2 rings (SSSR count). The van der Waals surface area contributed by atoms with E-state index in [4.69, 9.17) is 27.9 Å². The Morgan fingerprint density at radius 3 is 2.88 bits per heavy atom. The standard InChI is InChI=1S/C17H26Cl2N4O/c1-12(23-6-7-24-11-13(23)2)9-21-17(20-3)22-10-14-4-5-15(18)8-16(14)19/h4-5,8,12-13H,6-7,9-11H2,1-3H3,(H2,20,21,22). The molecule has 1 aliphatic rings. The first-order chi connectivity index (χ1) is 11.5. The Bertz CT molecular complexity index is 568. The SMILES string of the molecule is CN=C(NCc1ccc(Cl)cc1Cl)NCC(C)N1CCOCC1C. The second kappa shape index (κ2) is 9.47. The predicted octanol–water partition coefficient (Wildman–Crippen LogP) is 2.77. The maximum atomic E-state index is 6.20. The zero-order valence-corrected chi connectivity index (χ0v) is 16.0. The molecule has 2 unspecified atom stereocenters. The van der Waals surface area contributed by atoms with Crippen LogP contribution in [0.4, 0.5) is 0 Å². The number of benzene rings is 1. The van der Waals surface area contributed by atoms with Gasteiger partial charge in [-0.1, -0.05) is 29.3 Å². The lowest BCUT2D eigenvalue weighted by Crippen LogP contribution is -2.52. The number of aliphatic imine (C=N–C) groups is 1. The average molecular weight is 373 g/mol. The van der Waals surface area contributed by atoms with Gasteiger partial charge in [-0.15, -0.1) is 0 Å². The molecule has 1 fully saturated rings. The Labute approximate surface area is 154 Å². The van der Waals surface area contributed by atoms with E-state index in [9.17, 15) is 0 Å². The van der Waals surface area contributed by atoms with Gasteiger partial charge in [-0.2, -0.15) is 0 Å². The highest BCUT2D eigenvalue weighted by molar-refractivity contribution is 6.35. The Morgan fingerprint density at radius 2 is 2.21 bits per heavy atom. The Morgan fingerprint density at radius 1 is 1.42 bits per heavy atom. The molecule has 0 spiro atoms. The smallest absolute Gasteiger partial charge is 0.191 e. The summed E-state index contributed by atoms with van der Waals surface area (Å²) in [4.78, 5) is 6.73. The second-order valence-electron chi connectivity index (χ2n) is 6.05. The normalized spacial score (nSPS) is 20.7. The molecule has 2 atom stereocenters. The van der Waals surface area contributed by atoms with Crippen molar-refractivity contribution in [2.45, 2.75) is 32.5 Å². The third-order valence-corrected chi connectivity index (χ3v) is 4.82. The summed E-state index contributed by atoms with van der Waals surface area (Å²) in [5.41, 5.74) is 0.985. The van der Waals surface area contributed by atoms with Crippen LogP contribution in [0.25, 0.3) is 0 Å². The van der Waals surface area contributed by atoms with Crippen molar-refractivity contribution in [3.05, 3.63) is 33.8 Å². The first-order valence-electron chi connectivity index (χ1n) is 8.23. The molecule has 1 heterocycles. The Hall–Kier alpha value is -1.01. The van der Waals surface area contributed by atoms with Gasteiger partial charge in [0, 0.05) is 48.8 Å². The monoisotopic (exact) mass is 372 g/mol. The molecule has 134 valence electrons. The van der Waals surface area contributed by atoms with Gasteiger partial charge in [0.05, 0.1) is 13.2 Å². The van der Waals surface area contributed by atoms with E-state index in [0.29, 0.717) is 28.7 Å².